The molecule has 0 spiro atoms. The molecule has 3 aliphatic rings. The van der Waals surface area contributed by atoms with E-state index in [1.54, 1.807) is 0 Å². The van der Waals surface area contributed by atoms with Crippen LogP contribution in [0.4, 0.5) is 0 Å². The van der Waals surface area contributed by atoms with Crippen LogP contribution in [0.25, 0.3) is 0 Å². The molecule has 0 aromatic carbocycles. The summed E-state index contributed by atoms with van der Waals surface area (Å²) in [5.74, 6) is 1.57. The number of likely N-dealkylation sites (tertiary alicyclic amines) is 1. The van der Waals surface area contributed by atoms with Crippen LogP contribution in [0.5, 0.6) is 0 Å². The Kier molecular flexibility index (Phi) is 4.32. The van der Waals surface area contributed by atoms with Gasteiger partial charge in [-0.2, -0.15) is 0 Å². The van der Waals surface area contributed by atoms with Crippen molar-refractivity contribution in [3.05, 3.63) is 12.2 Å². The van der Waals surface area contributed by atoms with Crippen LogP contribution in [-0.4, -0.2) is 41.7 Å². The summed E-state index contributed by atoms with van der Waals surface area (Å²) in [6, 6.07) is 1.50. The van der Waals surface area contributed by atoms with E-state index in [4.69, 9.17) is 12.2 Å². The fourth-order valence-electron chi connectivity index (χ4n) is 3.88. The Morgan fingerprint density at radius 1 is 1.20 bits per heavy atom. The van der Waals surface area contributed by atoms with Gasteiger partial charge in [-0.3, -0.25) is 4.90 Å². The largest absolute Gasteiger partial charge is 0.359 e. The first-order chi connectivity index (χ1) is 9.63. The minimum Gasteiger partial charge on any atom is -0.359 e. The predicted molar refractivity (Wildman–Crippen MR) is 87.8 cm³/mol. The highest BCUT2D eigenvalue weighted by Crippen LogP contribution is 2.39. The first-order valence-electron chi connectivity index (χ1n) is 8.06. The summed E-state index contributed by atoms with van der Waals surface area (Å²) in [6.45, 7) is 9.28. The molecule has 112 valence electrons. The number of hydrogen-bond acceptors (Lipinski definition) is 2. The molecule has 3 nitrogen and oxygen atoms in total. The van der Waals surface area contributed by atoms with E-state index in [2.05, 4.69) is 22.1 Å². The first kappa shape index (κ1) is 14.3. The summed E-state index contributed by atoms with van der Waals surface area (Å²) in [5, 5.41) is 7.70. The zero-order valence-electron chi connectivity index (χ0n) is 12.5. The van der Waals surface area contributed by atoms with Gasteiger partial charge in [0, 0.05) is 31.7 Å². The van der Waals surface area contributed by atoms with Crippen molar-refractivity contribution >= 4 is 17.3 Å². The van der Waals surface area contributed by atoms with Crippen LogP contribution in [0.1, 0.15) is 39.0 Å². The summed E-state index contributed by atoms with van der Waals surface area (Å²) in [7, 11) is 0. The quantitative estimate of drug-likeness (QED) is 0.614. The zero-order chi connectivity index (χ0) is 14.1. The van der Waals surface area contributed by atoms with Crippen LogP contribution in [0.3, 0.4) is 0 Å². The van der Waals surface area contributed by atoms with Gasteiger partial charge in [0.05, 0.1) is 0 Å². The molecule has 1 aliphatic heterocycles. The van der Waals surface area contributed by atoms with Crippen LogP contribution in [0, 0.1) is 11.8 Å². The monoisotopic (exact) mass is 293 g/mol. The van der Waals surface area contributed by atoms with Crippen LogP contribution < -0.4 is 10.6 Å². The Bertz CT molecular complexity index is 377. The van der Waals surface area contributed by atoms with E-state index in [0.29, 0.717) is 6.04 Å². The molecule has 1 heterocycles. The molecule has 0 unspecified atom stereocenters. The molecular formula is C16H27N3S. The lowest BCUT2D eigenvalue weighted by atomic mass is 9.73. The Morgan fingerprint density at radius 2 is 1.85 bits per heavy atom. The Morgan fingerprint density at radius 3 is 2.40 bits per heavy atom. The van der Waals surface area contributed by atoms with Crippen molar-refractivity contribution in [2.45, 2.75) is 51.1 Å². The maximum absolute atomic E-state index is 5.45. The molecule has 0 aromatic rings. The van der Waals surface area contributed by atoms with Crippen LogP contribution >= 0.6 is 12.2 Å². The van der Waals surface area contributed by atoms with Crippen molar-refractivity contribution < 1.29 is 0 Å². The molecule has 0 aromatic heterocycles. The highest BCUT2D eigenvalue weighted by molar-refractivity contribution is 7.80. The average molecular weight is 293 g/mol. The number of piperidine rings is 1. The lowest BCUT2D eigenvalue weighted by molar-refractivity contribution is 0.0502. The molecule has 3 fully saturated rings. The lowest BCUT2D eigenvalue weighted by Gasteiger charge is -2.48. The van der Waals surface area contributed by atoms with Gasteiger partial charge in [0.2, 0.25) is 0 Å². The average Bonchev–Trinajstić information content (AvgIpc) is 3.20. The second-order valence-corrected chi connectivity index (χ2v) is 7.35. The molecule has 2 aliphatic carbocycles. The third-order valence-electron chi connectivity index (χ3n) is 5.02. The van der Waals surface area contributed by atoms with Crippen molar-refractivity contribution in [3.63, 3.8) is 0 Å². The Labute approximate surface area is 128 Å². The smallest absolute Gasteiger partial charge is 0.166 e. The molecule has 2 saturated carbocycles. The number of thiocarbonyl (C=S) groups is 1. The minimum absolute atomic E-state index is 0.587. The standard InChI is InChI=1S/C16H27N3S/c1-11(2)8-17-16(20)18-15-12-4-3-5-13(15)10-19(9-12)14-6-7-14/h12-15H,1,3-10H2,2H3,(H2,17,18,20)/t12-,13-/m0/s1. The van der Waals surface area contributed by atoms with Gasteiger partial charge < -0.3 is 10.6 Å². The van der Waals surface area contributed by atoms with Crippen molar-refractivity contribution in [1.29, 1.82) is 0 Å². The predicted octanol–water partition coefficient (Wildman–Crippen LogP) is 2.29. The van der Waals surface area contributed by atoms with E-state index >= 15 is 0 Å². The van der Waals surface area contributed by atoms with Crippen molar-refractivity contribution in [2.24, 2.45) is 11.8 Å². The molecule has 2 atom stereocenters. The van der Waals surface area contributed by atoms with Gasteiger partial charge in [-0.25, -0.2) is 0 Å². The second-order valence-electron chi connectivity index (χ2n) is 6.95. The summed E-state index contributed by atoms with van der Waals surface area (Å²) in [6.07, 6.45) is 6.98. The zero-order valence-corrected chi connectivity index (χ0v) is 13.3. The molecule has 2 bridgehead atoms. The van der Waals surface area contributed by atoms with Crippen molar-refractivity contribution in [2.75, 3.05) is 19.6 Å². The second kappa shape index (κ2) is 6.02. The summed E-state index contributed by atoms with van der Waals surface area (Å²) < 4.78 is 0. The van der Waals surface area contributed by atoms with Crippen LogP contribution in [0.2, 0.25) is 0 Å². The van der Waals surface area contributed by atoms with Gasteiger partial charge in [-0.15, -0.1) is 0 Å². The van der Waals surface area contributed by atoms with E-state index in [9.17, 15) is 0 Å². The Balaban J connectivity index is 1.55. The molecule has 20 heavy (non-hydrogen) atoms. The van der Waals surface area contributed by atoms with E-state index in [1.165, 1.54) is 45.2 Å². The third-order valence-corrected chi connectivity index (χ3v) is 5.28. The summed E-state index contributed by atoms with van der Waals surface area (Å²) in [5.41, 5.74) is 1.12. The van der Waals surface area contributed by atoms with Crippen LogP contribution in [-0.2, 0) is 0 Å². The fraction of sp³-hybridized carbons (Fsp3) is 0.812. The maximum Gasteiger partial charge on any atom is 0.166 e. The molecule has 3 rings (SSSR count). The highest BCUT2D eigenvalue weighted by atomic mass is 32.1. The number of hydrogen-bond donors (Lipinski definition) is 2. The number of fused-ring (bicyclic) bond motifs is 2. The van der Waals surface area contributed by atoms with Crippen molar-refractivity contribution in [1.82, 2.24) is 15.5 Å². The van der Waals surface area contributed by atoms with Gasteiger partial charge in [-0.1, -0.05) is 18.6 Å². The van der Waals surface area contributed by atoms with Gasteiger partial charge in [0.1, 0.15) is 0 Å². The topological polar surface area (TPSA) is 27.3 Å². The van der Waals surface area contributed by atoms with Gasteiger partial charge in [0.15, 0.2) is 5.11 Å². The first-order valence-corrected chi connectivity index (χ1v) is 8.47. The third kappa shape index (κ3) is 3.34. The van der Waals surface area contributed by atoms with E-state index in [1.807, 2.05) is 6.92 Å². The Hall–Kier alpha value is -0.610. The van der Waals surface area contributed by atoms with Gasteiger partial charge in [-0.05, 0) is 56.7 Å². The van der Waals surface area contributed by atoms with E-state index in [-0.39, 0.29) is 0 Å². The number of nitrogens with zero attached hydrogens (tertiary/aromatic N) is 1. The normalized spacial score (nSPS) is 33.5. The molecular weight excluding hydrogens is 266 g/mol. The van der Waals surface area contributed by atoms with Crippen molar-refractivity contribution in [3.8, 4) is 0 Å². The molecule has 0 amide bonds. The molecule has 4 heteroatoms. The van der Waals surface area contributed by atoms with E-state index < -0.39 is 0 Å². The minimum atomic E-state index is 0.587. The fourth-order valence-corrected chi connectivity index (χ4v) is 4.09. The summed E-state index contributed by atoms with van der Waals surface area (Å²) >= 11 is 5.45. The van der Waals surface area contributed by atoms with Gasteiger partial charge in [0.25, 0.3) is 0 Å². The number of rotatable bonds is 4. The maximum atomic E-state index is 5.45. The SMILES string of the molecule is C=C(C)CNC(=S)NC1[C@H]2CCC[C@H]1CN(C1CC1)C2. The van der Waals surface area contributed by atoms with Crippen LogP contribution in [0.15, 0.2) is 12.2 Å². The molecule has 0 radical (unpaired) electrons. The highest BCUT2D eigenvalue weighted by Gasteiger charge is 2.43. The molecule has 1 saturated heterocycles. The lowest BCUT2D eigenvalue weighted by Crippen LogP contribution is -2.59. The number of nitrogens with one attached hydrogen (secondary N) is 2. The summed E-state index contributed by atoms with van der Waals surface area (Å²) in [4.78, 5) is 2.75. The van der Waals surface area contributed by atoms with Gasteiger partial charge >= 0.3 is 0 Å². The van der Waals surface area contributed by atoms with E-state index in [0.717, 1.165) is 35.1 Å². The molecule has 2 N–H and O–H groups in total.